The van der Waals surface area contributed by atoms with Gasteiger partial charge >= 0.3 is 0 Å². The second-order valence-corrected chi connectivity index (χ2v) is 9.96. The van der Waals surface area contributed by atoms with Gasteiger partial charge in [-0.05, 0) is 54.2 Å². The molecule has 3 atom stereocenters. The average Bonchev–Trinajstić information content (AvgIpc) is 3.20. The zero-order valence-electron chi connectivity index (χ0n) is 17.6. The molecule has 5 heteroatoms. The Bertz CT molecular complexity index is 892. The lowest BCUT2D eigenvalue weighted by atomic mass is 9.73. The van der Waals surface area contributed by atoms with Crippen molar-refractivity contribution >= 4 is 23.2 Å². The summed E-state index contributed by atoms with van der Waals surface area (Å²) in [7, 11) is 3.66. The number of benzene rings is 1. The van der Waals surface area contributed by atoms with Gasteiger partial charge in [-0.1, -0.05) is 37.3 Å². The van der Waals surface area contributed by atoms with Gasteiger partial charge in [0.1, 0.15) is 0 Å². The Morgan fingerprint density at radius 1 is 1.24 bits per heavy atom. The van der Waals surface area contributed by atoms with Gasteiger partial charge in [0, 0.05) is 38.0 Å². The first-order valence-electron chi connectivity index (χ1n) is 10.5. The van der Waals surface area contributed by atoms with Crippen molar-refractivity contribution in [2.24, 2.45) is 17.3 Å². The van der Waals surface area contributed by atoms with Crippen molar-refractivity contribution in [3.8, 4) is 10.4 Å². The van der Waals surface area contributed by atoms with Crippen molar-refractivity contribution in [3.63, 3.8) is 0 Å². The molecule has 4 nitrogen and oxygen atoms in total. The zero-order valence-corrected chi connectivity index (χ0v) is 18.4. The number of hydrogen-bond acceptors (Lipinski definition) is 3. The first-order chi connectivity index (χ1) is 13.9. The van der Waals surface area contributed by atoms with Crippen LogP contribution in [0.25, 0.3) is 10.4 Å². The molecular weight excluding hydrogens is 380 g/mol. The average molecular weight is 411 g/mol. The van der Waals surface area contributed by atoms with Crippen LogP contribution in [0.3, 0.4) is 0 Å². The molecule has 1 aromatic carbocycles. The largest absolute Gasteiger partial charge is 0.348 e. The minimum Gasteiger partial charge on any atom is -0.348 e. The number of amides is 2. The highest BCUT2D eigenvalue weighted by Gasteiger charge is 2.48. The van der Waals surface area contributed by atoms with Crippen LogP contribution in [-0.4, -0.2) is 48.8 Å². The van der Waals surface area contributed by atoms with E-state index in [9.17, 15) is 9.59 Å². The predicted molar refractivity (Wildman–Crippen MR) is 118 cm³/mol. The Morgan fingerprint density at radius 3 is 2.69 bits per heavy atom. The van der Waals surface area contributed by atoms with E-state index in [0.717, 1.165) is 25.8 Å². The highest BCUT2D eigenvalue weighted by molar-refractivity contribution is 7.13. The zero-order chi connectivity index (χ0) is 20.6. The van der Waals surface area contributed by atoms with E-state index in [-0.39, 0.29) is 17.7 Å². The third-order valence-corrected chi connectivity index (χ3v) is 7.37. The van der Waals surface area contributed by atoms with Gasteiger partial charge in [0.25, 0.3) is 0 Å². The molecule has 1 aromatic heterocycles. The SMILES string of the molecule is C[C@@H]1C[C@@H]1C(=O)N1CCC[C@@](Cc2cccc(-c3cccs3)c2)(C(=O)N(C)C)C1. The van der Waals surface area contributed by atoms with Crippen molar-refractivity contribution in [1.82, 2.24) is 9.80 Å². The maximum atomic E-state index is 13.3. The Kier molecular flexibility index (Phi) is 5.52. The van der Waals surface area contributed by atoms with Crippen LogP contribution in [0.1, 0.15) is 31.7 Å². The normalized spacial score (nSPS) is 26.2. The number of thiophene rings is 1. The van der Waals surface area contributed by atoms with Gasteiger partial charge in [-0.2, -0.15) is 0 Å². The molecule has 0 radical (unpaired) electrons. The van der Waals surface area contributed by atoms with Crippen molar-refractivity contribution in [3.05, 3.63) is 47.3 Å². The van der Waals surface area contributed by atoms with E-state index in [2.05, 4.69) is 48.7 Å². The molecule has 154 valence electrons. The standard InChI is InChI=1S/C24H30N2O2S/c1-17-13-20(17)22(27)26-11-6-10-24(16-26,23(28)25(2)3)15-18-7-4-8-19(14-18)21-9-5-12-29-21/h4-5,7-9,12,14,17,20H,6,10-11,13,15-16H2,1-3H3/t17-,20+,24+/m1/s1. The molecule has 0 spiro atoms. The molecule has 2 fully saturated rings. The van der Waals surface area contributed by atoms with E-state index in [0.29, 0.717) is 18.9 Å². The lowest BCUT2D eigenvalue weighted by molar-refractivity contribution is -0.147. The molecule has 0 unspecified atom stereocenters. The summed E-state index contributed by atoms with van der Waals surface area (Å²) in [6.07, 6.45) is 3.38. The summed E-state index contributed by atoms with van der Waals surface area (Å²) < 4.78 is 0. The molecule has 1 aliphatic heterocycles. The molecule has 0 N–H and O–H groups in total. The molecule has 2 heterocycles. The van der Waals surface area contributed by atoms with Gasteiger partial charge in [-0.25, -0.2) is 0 Å². The van der Waals surface area contributed by atoms with E-state index >= 15 is 0 Å². The quantitative estimate of drug-likeness (QED) is 0.737. The number of carbonyl (C=O) groups is 2. The van der Waals surface area contributed by atoms with E-state index in [1.54, 1.807) is 16.2 Å². The molecule has 1 saturated carbocycles. The van der Waals surface area contributed by atoms with Gasteiger partial charge in [0.05, 0.1) is 5.41 Å². The van der Waals surface area contributed by atoms with E-state index in [1.165, 1.54) is 16.0 Å². The number of piperidine rings is 1. The fourth-order valence-electron chi connectivity index (χ4n) is 4.76. The molecule has 29 heavy (non-hydrogen) atoms. The van der Waals surface area contributed by atoms with Gasteiger partial charge in [0.15, 0.2) is 0 Å². The van der Waals surface area contributed by atoms with Crippen molar-refractivity contribution < 1.29 is 9.59 Å². The second-order valence-electron chi connectivity index (χ2n) is 9.02. The van der Waals surface area contributed by atoms with Crippen LogP contribution in [0.5, 0.6) is 0 Å². The lowest BCUT2D eigenvalue weighted by Gasteiger charge is -2.43. The molecular formula is C24H30N2O2S. The van der Waals surface area contributed by atoms with Gasteiger partial charge in [-0.15, -0.1) is 11.3 Å². The van der Waals surface area contributed by atoms with Gasteiger partial charge < -0.3 is 9.80 Å². The molecule has 1 aliphatic carbocycles. The number of hydrogen-bond donors (Lipinski definition) is 0. The van der Waals surface area contributed by atoms with Crippen molar-refractivity contribution in [2.45, 2.75) is 32.6 Å². The smallest absolute Gasteiger partial charge is 0.230 e. The summed E-state index contributed by atoms with van der Waals surface area (Å²) in [6.45, 7) is 3.45. The monoisotopic (exact) mass is 410 g/mol. The summed E-state index contributed by atoms with van der Waals surface area (Å²) in [5, 5.41) is 2.09. The molecule has 2 amide bonds. The molecule has 4 rings (SSSR count). The number of likely N-dealkylation sites (tertiary alicyclic amines) is 1. The van der Waals surface area contributed by atoms with Crippen molar-refractivity contribution in [2.75, 3.05) is 27.2 Å². The number of carbonyl (C=O) groups excluding carboxylic acids is 2. The van der Waals surface area contributed by atoms with Crippen LogP contribution >= 0.6 is 11.3 Å². The van der Waals surface area contributed by atoms with Crippen LogP contribution in [0.4, 0.5) is 0 Å². The Hall–Kier alpha value is -2.14. The Balaban J connectivity index is 1.61. The Labute approximate surface area is 177 Å². The topological polar surface area (TPSA) is 40.6 Å². The summed E-state index contributed by atoms with van der Waals surface area (Å²) in [5.41, 5.74) is 1.82. The van der Waals surface area contributed by atoms with E-state index in [1.807, 2.05) is 19.0 Å². The fourth-order valence-corrected chi connectivity index (χ4v) is 5.48. The van der Waals surface area contributed by atoms with Gasteiger partial charge in [0.2, 0.25) is 11.8 Å². The lowest BCUT2D eigenvalue weighted by Crippen LogP contribution is -2.54. The number of rotatable bonds is 5. The minimum absolute atomic E-state index is 0.139. The molecule has 0 bridgehead atoms. The minimum atomic E-state index is -0.538. The highest BCUT2D eigenvalue weighted by atomic mass is 32.1. The van der Waals surface area contributed by atoms with E-state index < -0.39 is 5.41 Å². The van der Waals surface area contributed by atoms with Crippen LogP contribution in [0.15, 0.2) is 41.8 Å². The molecule has 2 aliphatic rings. The van der Waals surface area contributed by atoms with Crippen molar-refractivity contribution in [1.29, 1.82) is 0 Å². The predicted octanol–water partition coefficient (Wildman–Crippen LogP) is 4.31. The highest BCUT2D eigenvalue weighted by Crippen LogP contribution is 2.42. The number of nitrogens with zero attached hydrogens (tertiary/aromatic N) is 2. The summed E-state index contributed by atoms with van der Waals surface area (Å²) >= 11 is 1.73. The summed E-state index contributed by atoms with van der Waals surface area (Å²) in [5.74, 6) is 1.05. The summed E-state index contributed by atoms with van der Waals surface area (Å²) in [6, 6.07) is 12.7. The first-order valence-corrected chi connectivity index (χ1v) is 11.4. The second kappa shape index (κ2) is 7.94. The van der Waals surface area contributed by atoms with Crippen LogP contribution in [0, 0.1) is 17.3 Å². The summed E-state index contributed by atoms with van der Waals surface area (Å²) in [4.78, 5) is 31.2. The first kappa shape index (κ1) is 20.1. The van der Waals surface area contributed by atoms with Crippen LogP contribution in [-0.2, 0) is 16.0 Å². The maximum absolute atomic E-state index is 13.3. The maximum Gasteiger partial charge on any atom is 0.230 e. The van der Waals surface area contributed by atoms with Crippen LogP contribution < -0.4 is 0 Å². The van der Waals surface area contributed by atoms with Gasteiger partial charge in [-0.3, -0.25) is 9.59 Å². The fraction of sp³-hybridized carbons (Fsp3) is 0.500. The van der Waals surface area contributed by atoms with E-state index in [4.69, 9.17) is 0 Å². The third kappa shape index (κ3) is 4.11. The molecule has 1 saturated heterocycles. The Morgan fingerprint density at radius 2 is 2.03 bits per heavy atom. The van der Waals surface area contributed by atoms with Crippen LogP contribution in [0.2, 0.25) is 0 Å². The molecule has 2 aromatic rings. The third-order valence-electron chi connectivity index (χ3n) is 6.45.